The summed E-state index contributed by atoms with van der Waals surface area (Å²) in [7, 11) is 1.84. The van der Waals surface area contributed by atoms with E-state index in [0.717, 1.165) is 13.0 Å². The van der Waals surface area contributed by atoms with E-state index in [4.69, 9.17) is 0 Å². The van der Waals surface area contributed by atoms with Gasteiger partial charge >= 0.3 is 5.69 Å². The molecule has 6 nitrogen and oxygen atoms in total. The summed E-state index contributed by atoms with van der Waals surface area (Å²) in [4.78, 5) is 17.0. The smallest absolute Gasteiger partial charge is 0.311 e. The Morgan fingerprint density at radius 1 is 1.42 bits per heavy atom. The molecular weight excluding hydrogens is 244 g/mol. The van der Waals surface area contributed by atoms with E-state index >= 15 is 0 Å². The fourth-order valence-corrected chi connectivity index (χ4v) is 1.63. The summed E-state index contributed by atoms with van der Waals surface area (Å²) in [5.74, 6) is 1.05. The molecular formula is C13H22N4O2. The molecule has 0 unspecified atom stereocenters. The summed E-state index contributed by atoms with van der Waals surface area (Å²) in [6.07, 6.45) is 0.869. The van der Waals surface area contributed by atoms with Crippen LogP contribution in [0.5, 0.6) is 0 Å². The summed E-state index contributed by atoms with van der Waals surface area (Å²) in [5.41, 5.74) is -0.159. The van der Waals surface area contributed by atoms with Crippen molar-refractivity contribution in [3.63, 3.8) is 0 Å². The van der Waals surface area contributed by atoms with Crippen molar-refractivity contribution in [2.24, 2.45) is 0 Å². The van der Waals surface area contributed by atoms with Crippen molar-refractivity contribution >= 4 is 17.3 Å². The average Bonchev–Trinajstić information content (AvgIpc) is 2.37. The lowest BCUT2D eigenvalue weighted by Crippen LogP contribution is -2.41. The van der Waals surface area contributed by atoms with Gasteiger partial charge in [-0.05, 0) is 33.3 Å². The molecule has 0 atom stereocenters. The van der Waals surface area contributed by atoms with E-state index < -0.39 is 0 Å². The third-order valence-corrected chi connectivity index (χ3v) is 3.50. The number of anilines is 2. The predicted molar refractivity (Wildman–Crippen MR) is 77.8 cm³/mol. The topological polar surface area (TPSA) is 71.3 Å². The molecule has 19 heavy (non-hydrogen) atoms. The van der Waals surface area contributed by atoms with Crippen molar-refractivity contribution in [3.05, 3.63) is 22.2 Å². The van der Waals surface area contributed by atoms with Gasteiger partial charge in [0, 0.05) is 25.2 Å². The maximum atomic E-state index is 11.1. The van der Waals surface area contributed by atoms with Gasteiger partial charge < -0.3 is 10.2 Å². The van der Waals surface area contributed by atoms with Crippen molar-refractivity contribution in [2.75, 3.05) is 23.8 Å². The van der Waals surface area contributed by atoms with Crippen molar-refractivity contribution in [1.29, 1.82) is 0 Å². The van der Waals surface area contributed by atoms with E-state index in [1.54, 1.807) is 6.07 Å². The van der Waals surface area contributed by atoms with Crippen molar-refractivity contribution in [3.8, 4) is 0 Å². The zero-order chi connectivity index (χ0) is 14.6. The number of pyridine rings is 1. The van der Waals surface area contributed by atoms with Crippen LogP contribution in [0.2, 0.25) is 0 Å². The molecule has 1 aromatic heterocycles. The highest BCUT2D eigenvalue weighted by atomic mass is 16.6. The number of nitrogens with one attached hydrogen (secondary N) is 1. The molecule has 6 heteroatoms. The summed E-state index contributed by atoms with van der Waals surface area (Å²) >= 11 is 0. The Kier molecular flexibility index (Phi) is 4.69. The SMILES string of the molecule is CCNc1ccc([N+](=O)[O-])c(N(C)C(C)(C)CC)n1. The molecule has 0 spiro atoms. The summed E-state index contributed by atoms with van der Waals surface area (Å²) in [5, 5.41) is 14.2. The van der Waals surface area contributed by atoms with Crippen LogP contribution in [0.4, 0.5) is 17.3 Å². The Labute approximate surface area is 114 Å². The number of hydrogen-bond donors (Lipinski definition) is 1. The third-order valence-electron chi connectivity index (χ3n) is 3.50. The minimum absolute atomic E-state index is 0.0330. The molecule has 0 saturated heterocycles. The fourth-order valence-electron chi connectivity index (χ4n) is 1.63. The normalized spacial score (nSPS) is 11.2. The zero-order valence-electron chi connectivity index (χ0n) is 12.2. The molecule has 1 heterocycles. The van der Waals surface area contributed by atoms with Gasteiger partial charge in [-0.15, -0.1) is 0 Å². The standard InChI is InChI=1S/C13H22N4O2/c1-6-13(3,4)16(5)12-10(17(18)19)8-9-11(15-12)14-7-2/h8-9H,6-7H2,1-5H3,(H,14,15). The van der Waals surface area contributed by atoms with E-state index in [1.807, 2.05) is 32.7 Å². The number of rotatable bonds is 6. The lowest BCUT2D eigenvalue weighted by atomic mass is 10.00. The van der Waals surface area contributed by atoms with Crippen molar-refractivity contribution in [1.82, 2.24) is 4.98 Å². The van der Waals surface area contributed by atoms with Crippen LogP contribution in [-0.2, 0) is 0 Å². The first-order valence-electron chi connectivity index (χ1n) is 6.46. The van der Waals surface area contributed by atoms with Gasteiger partial charge in [0.25, 0.3) is 0 Å². The van der Waals surface area contributed by atoms with Crippen LogP contribution in [0.1, 0.15) is 34.1 Å². The molecule has 0 aromatic carbocycles. The molecule has 1 rings (SSSR count). The maximum Gasteiger partial charge on any atom is 0.311 e. The van der Waals surface area contributed by atoms with Gasteiger partial charge in [0.15, 0.2) is 0 Å². The Morgan fingerprint density at radius 2 is 2.05 bits per heavy atom. The lowest BCUT2D eigenvalue weighted by molar-refractivity contribution is -0.384. The first kappa shape index (κ1) is 15.2. The van der Waals surface area contributed by atoms with Crippen LogP contribution in [-0.4, -0.2) is 29.0 Å². The first-order chi connectivity index (χ1) is 8.83. The van der Waals surface area contributed by atoms with Gasteiger partial charge in [-0.25, -0.2) is 4.98 Å². The van der Waals surface area contributed by atoms with Gasteiger partial charge in [0.2, 0.25) is 5.82 Å². The van der Waals surface area contributed by atoms with E-state index in [1.165, 1.54) is 6.07 Å². The number of nitro groups is 1. The minimum atomic E-state index is -0.389. The molecule has 1 N–H and O–H groups in total. The molecule has 0 radical (unpaired) electrons. The molecule has 0 amide bonds. The van der Waals surface area contributed by atoms with Crippen LogP contribution in [0, 0.1) is 10.1 Å². The monoisotopic (exact) mass is 266 g/mol. The number of aromatic nitrogens is 1. The second-order valence-electron chi connectivity index (χ2n) is 5.05. The largest absolute Gasteiger partial charge is 0.370 e. The first-order valence-corrected chi connectivity index (χ1v) is 6.46. The van der Waals surface area contributed by atoms with Gasteiger partial charge in [0.05, 0.1) is 4.92 Å². The molecule has 0 aliphatic heterocycles. The number of nitrogens with zero attached hydrogens (tertiary/aromatic N) is 3. The van der Waals surface area contributed by atoms with Gasteiger partial charge in [-0.3, -0.25) is 10.1 Å². The zero-order valence-corrected chi connectivity index (χ0v) is 12.2. The predicted octanol–water partition coefficient (Wildman–Crippen LogP) is 3.05. The van der Waals surface area contributed by atoms with Crippen LogP contribution >= 0.6 is 0 Å². The number of hydrogen-bond acceptors (Lipinski definition) is 5. The summed E-state index contributed by atoms with van der Waals surface area (Å²) in [6, 6.07) is 3.14. The molecule has 106 valence electrons. The minimum Gasteiger partial charge on any atom is -0.370 e. The second-order valence-corrected chi connectivity index (χ2v) is 5.05. The fraction of sp³-hybridized carbons (Fsp3) is 0.615. The summed E-state index contributed by atoms with van der Waals surface area (Å²) in [6.45, 7) is 8.82. The maximum absolute atomic E-state index is 11.1. The van der Waals surface area contributed by atoms with Crippen molar-refractivity contribution < 1.29 is 4.92 Å². The lowest BCUT2D eigenvalue weighted by Gasteiger charge is -2.35. The van der Waals surface area contributed by atoms with E-state index in [0.29, 0.717) is 11.6 Å². The van der Waals surface area contributed by atoms with Gasteiger partial charge in [-0.1, -0.05) is 6.92 Å². The Bertz CT molecular complexity index is 460. The average molecular weight is 266 g/mol. The molecule has 0 bridgehead atoms. The van der Waals surface area contributed by atoms with Crippen LogP contribution in [0.25, 0.3) is 0 Å². The van der Waals surface area contributed by atoms with Gasteiger partial charge in [0.1, 0.15) is 5.82 Å². The third kappa shape index (κ3) is 3.33. The second kappa shape index (κ2) is 5.86. The van der Waals surface area contributed by atoms with Gasteiger partial charge in [-0.2, -0.15) is 0 Å². The van der Waals surface area contributed by atoms with Crippen LogP contribution in [0.3, 0.4) is 0 Å². The van der Waals surface area contributed by atoms with Crippen LogP contribution < -0.4 is 10.2 Å². The van der Waals surface area contributed by atoms with E-state index in [9.17, 15) is 10.1 Å². The van der Waals surface area contributed by atoms with Crippen molar-refractivity contribution in [2.45, 2.75) is 39.7 Å². The van der Waals surface area contributed by atoms with E-state index in [-0.39, 0.29) is 16.1 Å². The Hall–Kier alpha value is -1.85. The van der Waals surface area contributed by atoms with Crippen LogP contribution in [0.15, 0.2) is 12.1 Å². The molecule has 0 fully saturated rings. The quantitative estimate of drug-likeness (QED) is 0.633. The highest BCUT2D eigenvalue weighted by Crippen LogP contribution is 2.32. The Balaban J connectivity index is 3.28. The molecule has 0 aliphatic rings. The molecule has 0 aliphatic carbocycles. The molecule has 1 aromatic rings. The highest BCUT2D eigenvalue weighted by molar-refractivity contribution is 5.62. The Morgan fingerprint density at radius 3 is 2.53 bits per heavy atom. The molecule has 0 saturated carbocycles. The van der Waals surface area contributed by atoms with E-state index in [2.05, 4.69) is 17.2 Å². The summed E-state index contributed by atoms with van der Waals surface area (Å²) < 4.78 is 0. The highest BCUT2D eigenvalue weighted by Gasteiger charge is 2.28.